The molecule has 1 aromatic rings. The van der Waals surface area contributed by atoms with Crippen molar-refractivity contribution in [2.75, 3.05) is 32.5 Å². The minimum absolute atomic E-state index is 0.00968. The number of likely N-dealkylation sites (tertiary alicyclic amines) is 1. The zero-order chi connectivity index (χ0) is 23.1. The second-order valence-electron chi connectivity index (χ2n) is 7.98. The van der Waals surface area contributed by atoms with Gasteiger partial charge in [-0.2, -0.15) is 13.2 Å². The molecule has 1 aromatic carbocycles. The second-order valence-corrected chi connectivity index (χ2v) is 9.00. The van der Waals surface area contributed by atoms with Gasteiger partial charge in [0.25, 0.3) is 0 Å². The van der Waals surface area contributed by atoms with Gasteiger partial charge in [-0.25, -0.2) is 18.0 Å². The molecule has 13 heteroatoms. The molecule has 1 saturated carbocycles. The molecule has 0 amide bonds. The van der Waals surface area contributed by atoms with Crippen LogP contribution in [-0.2, 0) is 11.2 Å². The molecule has 8 nitrogen and oxygen atoms in total. The largest absolute Gasteiger partial charge is 0.494 e. The van der Waals surface area contributed by atoms with E-state index in [2.05, 4.69) is 0 Å². The van der Waals surface area contributed by atoms with Crippen LogP contribution in [0.5, 0.6) is 5.75 Å². The predicted molar refractivity (Wildman–Crippen MR) is 108 cm³/mol. The van der Waals surface area contributed by atoms with E-state index >= 15 is 0 Å². The number of nitrogen functional groups attached to an aromatic ring is 1. The molecule has 1 spiro atoms. The summed E-state index contributed by atoms with van der Waals surface area (Å²) in [6.45, 7) is 0.186. The third kappa shape index (κ3) is 4.59. The van der Waals surface area contributed by atoms with E-state index in [9.17, 15) is 26.9 Å². The molecule has 3 rings (SSSR count). The molecule has 2 aliphatic rings. The lowest BCUT2D eigenvalue weighted by molar-refractivity contribution is -0.208. The first-order valence-electron chi connectivity index (χ1n) is 9.38. The molecule has 31 heavy (non-hydrogen) atoms. The SMILES string of the molecule is COc1cc(N)c(/C(=C\N)N2CC3(CC(N(CC(O)C(F)(F)F)S(N)=O)C3)C2)cc1F. The van der Waals surface area contributed by atoms with Crippen LogP contribution in [0, 0.1) is 11.2 Å². The van der Waals surface area contributed by atoms with Crippen LogP contribution in [0.2, 0.25) is 0 Å². The van der Waals surface area contributed by atoms with Gasteiger partial charge < -0.3 is 26.2 Å². The van der Waals surface area contributed by atoms with E-state index in [-0.39, 0.29) is 16.9 Å². The average Bonchev–Trinajstić information content (AvgIpc) is 2.61. The highest BCUT2D eigenvalue weighted by Crippen LogP contribution is 2.52. The Bertz CT molecular complexity index is 884. The Morgan fingerprint density at radius 3 is 2.55 bits per heavy atom. The number of methoxy groups -OCH3 is 1. The third-order valence-electron chi connectivity index (χ3n) is 5.86. The fourth-order valence-electron chi connectivity index (χ4n) is 4.29. The number of alkyl halides is 3. The summed E-state index contributed by atoms with van der Waals surface area (Å²) in [5.41, 5.74) is 12.8. The van der Waals surface area contributed by atoms with Gasteiger partial charge in [0.1, 0.15) is 0 Å². The van der Waals surface area contributed by atoms with Gasteiger partial charge in [0.05, 0.1) is 12.8 Å². The van der Waals surface area contributed by atoms with Crippen molar-refractivity contribution in [1.82, 2.24) is 9.21 Å². The van der Waals surface area contributed by atoms with Gasteiger partial charge in [-0.15, -0.1) is 0 Å². The molecule has 1 aliphatic heterocycles. The molecule has 174 valence electrons. The monoisotopic (exact) mass is 467 g/mol. The lowest BCUT2D eigenvalue weighted by Gasteiger charge is -2.61. The van der Waals surface area contributed by atoms with Crippen molar-refractivity contribution in [2.45, 2.75) is 31.2 Å². The second kappa shape index (κ2) is 8.45. The summed E-state index contributed by atoms with van der Waals surface area (Å²) >= 11 is -2.15. The van der Waals surface area contributed by atoms with E-state index < -0.39 is 41.9 Å². The highest BCUT2D eigenvalue weighted by molar-refractivity contribution is 7.80. The summed E-state index contributed by atoms with van der Waals surface area (Å²) in [5, 5.41) is 14.6. The summed E-state index contributed by atoms with van der Waals surface area (Å²) in [6, 6.07) is 2.15. The van der Waals surface area contributed by atoms with Crippen LogP contribution in [0.15, 0.2) is 18.3 Å². The van der Waals surface area contributed by atoms with Crippen molar-refractivity contribution in [1.29, 1.82) is 0 Å². The van der Waals surface area contributed by atoms with E-state index in [1.807, 2.05) is 4.90 Å². The quantitative estimate of drug-likeness (QED) is 0.348. The third-order valence-corrected chi connectivity index (χ3v) is 6.77. The number of hydrogen-bond acceptors (Lipinski definition) is 6. The number of anilines is 1. The fraction of sp³-hybridized carbons (Fsp3) is 0.556. The van der Waals surface area contributed by atoms with Gasteiger partial charge in [0.2, 0.25) is 0 Å². The molecule has 1 heterocycles. The minimum atomic E-state index is -4.82. The molecule has 0 radical (unpaired) electrons. The van der Waals surface area contributed by atoms with Gasteiger partial charge in [0.15, 0.2) is 28.8 Å². The number of nitrogens with zero attached hydrogens (tertiary/aromatic N) is 2. The Balaban J connectivity index is 1.64. The maximum absolute atomic E-state index is 14.1. The Labute approximate surface area is 179 Å². The number of rotatable bonds is 7. The smallest absolute Gasteiger partial charge is 0.415 e. The molecule has 2 fully saturated rings. The van der Waals surface area contributed by atoms with E-state index in [1.54, 1.807) is 0 Å². The maximum atomic E-state index is 14.1. The molecular formula is C18H25F4N5O3S. The molecule has 0 bridgehead atoms. The van der Waals surface area contributed by atoms with E-state index in [0.717, 1.165) is 4.31 Å². The van der Waals surface area contributed by atoms with Gasteiger partial charge in [-0.05, 0) is 18.9 Å². The predicted octanol–water partition coefficient (Wildman–Crippen LogP) is 0.901. The molecular weight excluding hydrogens is 442 g/mol. The highest BCUT2D eigenvalue weighted by Gasteiger charge is 2.56. The normalized spacial score (nSPS) is 21.0. The van der Waals surface area contributed by atoms with Crippen molar-refractivity contribution in [3.63, 3.8) is 0 Å². The summed E-state index contributed by atoms with van der Waals surface area (Å²) in [4.78, 5) is 1.89. The van der Waals surface area contributed by atoms with Crippen molar-refractivity contribution >= 4 is 22.6 Å². The molecule has 0 aromatic heterocycles. The van der Waals surface area contributed by atoms with Crippen molar-refractivity contribution < 1.29 is 31.6 Å². The first-order valence-corrected chi connectivity index (χ1v) is 10.6. The first-order chi connectivity index (χ1) is 14.4. The number of hydrogen-bond donors (Lipinski definition) is 4. The van der Waals surface area contributed by atoms with Crippen LogP contribution in [0.4, 0.5) is 23.2 Å². The van der Waals surface area contributed by atoms with Gasteiger partial charge in [-0.3, -0.25) is 0 Å². The summed E-state index contributed by atoms with van der Waals surface area (Å²) in [6.07, 6.45) is -5.21. The Hall–Kier alpha value is -2.09. The molecule has 2 unspecified atom stereocenters. The summed E-state index contributed by atoms with van der Waals surface area (Å²) < 4.78 is 69.7. The zero-order valence-corrected chi connectivity index (χ0v) is 17.5. The zero-order valence-electron chi connectivity index (χ0n) is 16.7. The van der Waals surface area contributed by atoms with Crippen LogP contribution in [0.1, 0.15) is 18.4 Å². The first kappa shape index (κ1) is 23.6. The number of aliphatic hydroxyl groups excluding tert-OH is 1. The van der Waals surface area contributed by atoms with Crippen LogP contribution in [0.25, 0.3) is 5.70 Å². The van der Waals surface area contributed by atoms with E-state index in [0.29, 0.717) is 37.2 Å². The van der Waals surface area contributed by atoms with Gasteiger partial charge in [0, 0.05) is 54.6 Å². The fourth-order valence-corrected chi connectivity index (χ4v) is 5.02. The standard InChI is InChI=1S/C18H25F4N5O3S/c1-30-15-3-13(24)11(2-12(15)19)14(6-23)26-8-17(9-26)4-10(5-17)27(31(25)29)7-16(28)18(20,21)22/h2-3,6,10,16,28H,4-5,7-9,23-25H2,1H3/b14-6+. The minimum Gasteiger partial charge on any atom is -0.494 e. The van der Waals surface area contributed by atoms with Crippen LogP contribution < -0.4 is 21.3 Å². The van der Waals surface area contributed by atoms with Crippen LogP contribution in [0.3, 0.4) is 0 Å². The molecule has 1 aliphatic carbocycles. The van der Waals surface area contributed by atoms with Crippen molar-refractivity contribution in [2.24, 2.45) is 16.3 Å². The lowest BCUT2D eigenvalue weighted by Crippen LogP contribution is -2.67. The Kier molecular flexibility index (Phi) is 6.42. The van der Waals surface area contributed by atoms with Crippen molar-refractivity contribution in [3.8, 4) is 5.75 Å². The number of nitrogens with two attached hydrogens (primary N) is 3. The Morgan fingerprint density at radius 1 is 1.45 bits per heavy atom. The molecule has 1 saturated heterocycles. The lowest BCUT2D eigenvalue weighted by atomic mass is 9.60. The van der Waals surface area contributed by atoms with E-state index in [1.165, 1.54) is 25.4 Å². The summed E-state index contributed by atoms with van der Waals surface area (Å²) in [7, 11) is 1.33. The average molecular weight is 467 g/mol. The van der Waals surface area contributed by atoms with Gasteiger partial charge in [-0.1, -0.05) is 0 Å². The van der Waals surface area contributed by atoms with Crippen LogP contribution in [-0.4, -0.2) is 63.6 Å². The number of aliphatic hydroxyl groups is 1. The molecule has 7 N–H and O–H groups in total. The number of benzene rings is 1. The Morgan fingerprint density at radius 2 is 2.06 bits per heavy atom. The maximum Gasteiger partial charge on any atom is 0.415 e. The van der Waals surface area contributed by atoms with Gasteiger partial charge >= 0.3 is 6.18 Å². The number of halogens is 4. The van der Waals surface area contributed by atoms with Crippen LogP contribution >= 0.6 is 0 Å². The van der Waals surface area contributed by atoms with Crippen molar-refractivity contribution in [3.05, 3.63) is 29.7 Å². The topological polar surface area (TPSA) is 131 Å². The molecule has 2 atom stereocenters. The summed E-state index contributed by atoms with van der Waals surface area (Å²) in [5.74, 6) is -0.579. The van der Waals surface area contributed by atoms with E-state index in [4.69, 9.17) is 21.3 Å². The highest BCUT2D eigenvalue weighted by atomic mass is 32.2. The number of ether oxygens (including phenoxy) is 1.